The Kier molecular flexibility index (Phi) is 5.27. The number of ether oxygens (including phenoxy) is 1. The standard InChI is InChI=1S/C17H19ClN2O5S/c1-12-10-15(24-2)16(11-13(12)18)26(22,23)20-7-5-19(6-8-20)17(21)14-4-3-9-25-14/h3-4,9-11H,5-8H2,1-2H3. The zero-order valence-electron chi connectivity index (χ0n) is 14.4. The zero-order chi connectivity index (χ0) is 18.9. The number of carbonyl (C=O) groups excluding carboxylic acids is 1. The Labute approximate surface area is 157 Å². The highest BCUT2D eigenvalue weighted by atomic mass is 35.5. The molecule has 1 aromatic carbocycles. The second-order valence-electron chi connectivity index (χ2n) is 5.93. The quantitative estimate of drug-likeness (QED) is 0.790. The molecule has 1 saturated heterocycles. The van der Waals surface area contributed by atoms with Crippen molar-refractivity contribution in [3.8, 4) is 5.75 Å². The van der Waals surface area contributed by atoms with E-state index in [-0.39, 0.29) is 48.5 Å². The van der Waals surface area contributed by atoms with E-state index >= 15 is 0 Å². The van der Waals surface area contributed by atoms with Crippen LogP contribution < -0.4 is 4.74 Å². The van der Waals surface area contributed by atoms with Crippen molar-refractivity contribution in [2.45, 2.75) is 11.8 Å². The number of nitrogens with zero attached hydrogens (tertiary/aromatic N) is 2. The second-order valence-corrected chi connectivity index (χ2v) is 8.24. The van der Waals surface area contributed by atoms with Gasteiger partial charge in [0.25, 0.3) is 5.91 Å². The molecule has 9 heteroatoms. The SMILES string of the molecule is COc1cc(C)c(Cl)cc1S(=O)(=O)N1CCN(C(=O)c2ccco2)CC1. The number of hydrogen-bond acceptors (Lipinski definition) is 5. The van der Waals surface area contributed by atoms with E-state index in [9.17, 15) is 13.2 Å². The Morgan fingerprint density at radius 3 is 2.50 bits per heavy atom. The smallest absolute Gasteiger partial charge is 0.289 e. The van der Waals surface area contributed by atoms with Gasteiger partial charge in [0.05, 0.1) is 13.4 Å². The van der Waals surface area contributed by atoms with Crippen molar-refractivity contribution in [3.63, 3.8) is 0 Å². The molecule has 1 aliphatic heterocycles. The first-order valence-electron chi connectivity index (χ1n) is 8.01. The molecule has 0 aliphatic carbocycles. The maximum atomic E-state index is 13.0. The third-order valence-corrected chi connectivity index (χ3v) is 6.65. The summed E-state index contributed by atoms with van der Waals surface area (Å²) in [5.41, 5.74) is 0.733. The van der Waals surface area contributed by atoms with Gasteiger partial charge in [-0.2, -0.15) is 4.31 Å². The average molecular weight is 399 g/mol. The lowest BCUT2D eigenvalue weighted by atomic mass is 10.2. The van der Waals surface area contributed by atoms with Gasteiger partial charge in [0.2, 0.25) is 10.0 Å². The molecule has 2 aromatic rings. The van der Waals surface area contributed by atoms with Gasteiger partial charge >= 0.3 is 0 Å². The molecule has 140 valence electrons. The lowest BCUT2D eigenvalue weighted by molar-refractivity contribution is 0.0666. The minimum atomic E-state index is -3.78. The van der Waals surface area contributed by atoms with Gasteiger partial charge in [0.1, 0.15) is 10.6 Å². The van der Waals surface area contributed by atoms with Crippen LogP contribution in [0.1, 0.15) is 16.1 Å². The van der Waals surface area contributed by atoms with E-state index in [4.69, 9.17) is 20.8 Å². The first-order chi connectivity index (χ1) is 12.3. The summed E-state index contributed by atoms with van der Waals surface area (Å²) in [6.07, 6.45) is 1.43. The van der Waals surface area contributed by atoms with Crippen molar-refractivity contribution in [2.24, 2.45) is 0 Å². The molecule has 3 rings (SSSR count). The van der Waals surface area contributed by atoms with Gasteiger partial charge in [0.15, 0.2) is 5.76 Å². The fourth-order valence-electron chi connectivity index (χ4n) is 2.82. The van der Waals surface area contributed by atoms with E-state index < -0.39 is 10.0 Å². The Bertz CT molecular complexity index is 903. The summed E-state index contributed by atoms with van der Waals surface area (Å²) in [5.74, 6) is 0.247. The number of methoxy groups -OCH3 is 1. The van der Waals surface area contributed by atoms with Gasteiger partial charge in [-0.1, -0.05) is 11.6 Å². The highest BCUT2D eigenvalue weighted by Crippen LogP contribution is 2.32. The Morgan fingerprint density at radius 2 is 1.92 bits per heavy atom. The molecule has 0 spiro atoms. The molecule has 0 bridgehead atoms. The average Bonchev–Trinajstić information content (AvgIpc) is 3.17. The maximum Gasteiger partial charge on any atom is 0.289 e. The van der Waals surface area contributed by atoms with Crippen molar-refractivity contribution in [1.29, 1.82) is 0 Å². The second kappa shape index (κ2) is 7.30. The minimum absolute atomic E-state index is 0.0291. The number of hydrogen-bond donors (Lipinski definition) is 0. The van der Waals surface area contributed by atoms with Crippen LogP contribution in [0.3, 0.4) is 0 Å². The summed E-state index contributed by atoms with van der Waals surface area (Å²) in [4.78, 5) is 13.9. The number of halogens is 1. The van der Waals surface area contributed by atoms with Crippen LogP contribution in [0.5, 0.6) is 5.75 Å². The maximum absolute atomic E-state index is 13.0. The van der Waals surface area contributed by atoms with Gasteiger partial charge in [-0.15, -0.1) is 0 Å². The number of benzene rings is 1. The van der Waals surface area contributed by atoms with E-state index in [0.29, 0.717) is 5.02 Å². The normalized spacial score (nSPS) is 15.9. The first kappa shape index (κ1) is 18.8. The number of rotatable bonds is 4. The molecule has 0 atom stereocenters. The molecule has 0 radical (unpaired) electrons. The highest BCUT2D eigenvalue weighted by Gasteiger charge is 2.33. The van der Waals surface area contributed by atoms with E-state index in [1.54, 1.807) is 30.0 Å². The molecular weight excluding hydrogens is 380 g/mol. The summed E-state index contributed by atoms with van der Waals surface area (Å²) >= 11 is 6.11. The predicted octanol–water partition coefficient (Wildman–Crippen LogP) is 2.40. The molecule has 7 nitrogen and oxygen atoms in total. The molecule has 1 aliphatic rings. The van der Waals surface area contributed by atoms with Crippen LogP contribution in [0.25, 0.3) is 0 Å². The molecule has 1 fully saturated rings. The number of carbonyl (C=O) groups is 1. The monoisotopic (exact) mass is 398 g/mol. The molecule has 0 N–H and O–H groups in total. The van der Waals surface area contributed by atoms with Crippen LogP contribution in [0, 0.1) is 6.92 Å². The van der Waals surface area contributed by atoms with Gasteiger partial charge in [-0.3, -0.25) is 4.79 Å². The largest absolute Gasteiger partial charge is 0.495 e. The summed E-state index contributed by atoms with van der Waals surface area (Å²) in [6.45, 7) is 2.70. The number of aryl methyl sites for hydroxylation is 1. The summed E-state index contributed by atoms with van der Waals surface area (Å²) in [7, 11) is -2.37. The van der Waals surface area contributed by atoms with E-state index in [0.717, 1.165) is 5.56 Å². The lowest BCUT2D eigenvalue weighted by Crippen LogP contribution is -2.50. The van der Waals surface area contributed by atoms with Gasteiger partial charge < -0.3 is 14.1 Å². The lowest BCUT2D eigenvalue weighted by Gasteiger charge is -2.33. The highest BCUT2D eigenvalue weighted by molar-refractivity contribution is 7.89. The van der Waals surface area contributed by atoms with Crippen LogP contribution in [-0.4, -0.2) is 56.8 Å². The third kappa shape index (κ3) is 3.44. The van der Waals surface area contributed by atoms with Crippen molar-refractivity contribution in [3.05, 3.63) is 46.9 Å². The van der Waals surface area contributed by atoms with Crippen LogP contribution >= 0.6 is 11.6 Å². The van der Waals surface area contributed by atoms with E-state index in [2.05, 4.69) is 0 Å². The van der Waals surface area contributed by atoms with Gasteiger partial charge in [-0.05, 0) is 36.8 Å². The number of sulfonamides is 1. The van der Waals surface area contributed by atoms with Crippen LogP contribution in [0.4, 0.5) is 0 Å². The Balaban J connectivity index is 1.78. The van der Waals surface area contributed by atoms with E-state index in [1.165, 1.54) is 23.7 Å². The number of amides is 1. The molecule has 0 saturated carbocycles. The molecule has 1 amide bonds. The van der Waals surface area contributed by atoms with Crippen molar-refractivity contribution >= 4 is 27.5 Å². The molecule has 1 aromatic heterocycles. The fourth-order valence-corrected chi connectivity index (χ4v) is 4.64. The zero-order valence-corrected chi connectivity index (χ0v) is 16.0. The molecular formula is C17H19ClN2O5S. The molecule has 0 unspecified atom stereocenters. The third-order valence-electron chi connectivity index (χ3n) is 4.32. The Morgan fingerprint density at radius 1 is 1.23 bits per heavy atom. The molecule has 2 heterocycles. The van der Waals surface area contributed by atoms with Crippen molar-refractivity contribution in [2.75, 3.05) is 33.3 Å². The van der Waals surface area contributed by atoms with Crippen LogP contribution in [-0.2, 0) is 10.0 Å². The summed E-state index contributed by atoms with van der Waals surface area (Å²) < 4.78 is 37.7. The fraction of sp³-hybridized carbons (Fsp3) is 0.353. The van der Waals surface area contributed by atoms with Crippen LogP contribution in [0.15, 0.2) is 39.8 Å². The van der Waals surface area contributed by atoms with Crippen LogP contribution in [0.2, 0.25) is 5.02 Å². The van der Waals surface area contributed by atoms with E-state index in [1.807, 2.05) is 0 Å². The predicted molar refractivity (Wildman–Crippen MR) is 96.1 cm³/mol. The summed E-state index contributed by atoms with van der Waals surface area (Å²) in [5, 5.41) is 0.357. The van der Waals surface area contributed by atoms with Crippen molar-refractivity contribution < 1.29 is 22.4 Å². The molecule has 26 heavy (non-hydrogen) atoms. The number of piperazine rings is 1. The van der Waals surface area contributed by atoms with Crippen molar-refractivity contribution in [1.82, 2.24) is 9.21 Å². The first-order valence-corrected chi connectivity index (χ1v) is 9.83. The minimum Gasteiger partial charge on any atom is -0.495 e. The van der Waals surface area contributed by atoms with Gasteiger partial charge in [-0.25, -0.2) is 8.42 Å². The Hall–Kier alpha value is -2.03. The number of furan rings is 1. The topological polar surface area (TPSA) is 80.1 Å². The van der Waals surface area contributed by atoms with Gasteiger partial charge in [0, 0.05) is 31.2 Å². The summed E-state index contributed by atoms with van der Waals surface area (Å²) in [6, 6.07) is 6.24.